The van der Waals surface area contributed by atoms with Crippen LogP contribution in [0.3, 0.4) is 0 Å². The van der Waals surface area contributed by atoms with Crippen LogP contribution < -0.4 is 0 Å². The molecular weight excluding hydrogens is 240 g/mol. The molecule has 19 heavy (non-hydrogen) atoms. The first-order valence-electron chi connectivity index (χ1n) is 6.97. The maximum absolute atomic E-state index is 11.9. The topological polar surface area (TPSA) is 42.4 Å². The Morgan fingerprint density at radius 2 is 2.21 bits per heavy atom. The van der Waals surface area contributed by atoms with Crippen molar-refractivity contribution >= 4 is 6.09 Å². The number of carbonyl (C=O) groups is 1. The molecule has 1 amide bonds. The highest BCUT2D eigenvalue weighted by Crippen LogP contribution is 2.24. The summed E-state index contributed by atoms with van der Waals surface area (Å²) in [6.45, 7) is 6.43. The van der Waals surface area contributed by atoms with Crippen LogP contribution in [0.25, 0.3) is 0 Å². The smallest absolute Gasteiger partial charge is 0.410 e. The fourth-order valence-corrected chi connectivity index (χ4v) is 2.47. The van der Waals surface area contributed by atoms with Crippen LogP contribution in [0.1, 0.15) is 32.3 Å². The molecule has 0 radical (unpaired) electrons. The minimum Gasteiger partial charge on any atom is -0.444 e. The van der Waals surface area contributed by atoms with Gasteiger partial charge in [-0.15, -0.1) is 0 Å². The molecule has 1 saturated heterocycles. The summed E-state index contributed by atoms with van der Waals surface area (Å²) in [5.74, 6) is 1.44. The maximum atomic E-state index is 11.9. The van der Waals surface area contributed by atoms with E-state index >= 15 is 0 Å². The van der Waals surface area contributed by atoms with Crippen LogP contribution in [0.15, 0.2) is 24.5 Å². The number of ether oxygens (including phenoxy) is 1. The summed E-state index contributed by atoms with van der Waals surface area (Å²) in [6, 6.07) is 3.75. The van der Waals surface area contributed by atoms with Gasteiger partial charge >= 0.3 is 6.09 Å². The van der Waals surface area contributed by atoms with E-state index in [0.717, 1.165) is 37.4 Å². The van der Waals surface area contributed by atoms with Crippen molar-refractivity contribution in [1.82, 2.24) is 9.88 Å². The second-order valence-corrected chi connectivity index (χ2v) is 5.48. The number of likely N-dealkylation sites (tertiary alicyclic amines) is 1. The quantitative estimate of drug-likeness (QED) is 0.840. The maximum Gasteiger partial charge on any atom is 0.410 e. The zero-order valence-corrected chi connectivity index (χ0v) is 11.7. The Bertz CT molecular complexity index is 398. The number of nitrogens with zero attached hydrogens (tertiary/aromatic N) is 2. The Balaban J connectivity index is 1.76. The summed E-state index contributed by atoms with van der Waals surface area (Å²) >= 11 is 0. The minimum atomic E-state index is -0.203. The highest BCUT2D eigenvalue weighted by molar-refractivity contribution is 5.67. The van der Waals surface area contributed by atoms with Crippen molar-refractivity contribution in [3.05, 3.63) is 30.1 Å². The van der Waals surface area contributed by atoms with Gasteiger partial charge in [0.05, 0.1) is 0 Å². The van der Waals surface area contributed by atoms with Gasteiger partial charge < -0.3 is 9.64 Å². The molecule has 1 aliphatic rings. The first-order chi connectivity index (χ1) is 9.16. The number of piperidine rings is 1. The van der Waals surface area contributed by atoms with Crippen molar-refractivity contribution in [2.45, 2.75) is 33.3 Å². The molecule has 0 saturated carbocycles. The van der Waals surface area contributed by atoms with E-state index in [2.05, 4.69) is 18.8 Å². The Labute approximate surface area is 114 Å². The first kappa shape index (κ1) is 13.8. The third-order valence-electron chi connectivity index (χ3n) is 3.83. The summed E-state index contributed by atoms with van der Waals surface area (Å²) in [5.41, 5.74) is 0.924. The highest BCUT2D eigenvalue weighted by Gasteiger charge is 2.25. The predicted molar refractivity (Wildman–Crippen MR) is 73.6 cm³/mol. The molecule has 2 rings (SSSR count). The minimum absolute atomic E-state index is 0.203. The van der Waals surface area contributed by atoms with Crippen molar-refractivity contribution < 1.29 is 9.53 Å². The van der Waals surface area contributed by atoms with Gasteiger partial charge in [-0.1, -0.05) is 19.9 Å². The van der Waals surface area contributed by atoms with Crippen molar-refractivity contribution in [1.29, 1.82) is 0 Å². The Kier molecular flexibility index (Phi) is 4.77. The van der Waals surface area contributed by atoms with Gasteiger partial charge in [0.15, 0.2) is 0 Å². The molecule has 1 aliphatic heterocycles. The third-order valence-corrected chi connectivity index (χ3v) is 3.83. The number of pyridine rings is 1. The Morgan fingerprint density at radius 3 is 2.79 bits per heavy atom. The molecule has 0 aromatic carbocycles. The van der Waals surface area contributed by atoms with E-state index in [4.69, 9.17) is 4.74 Å². The van der Waals surface area contributed by atoms with Gasteiger partial charge in [-0.25, -0.2) is 4.79 Å². The van der Waals surface area contributed by atoms with Crippen LogP contribution >= 0.6 is 0 Å². The van der Waals surface area contributed by atoms with E-state index in [-0.39, 0.29) is 6.09 Å². The molecule has 0 N–H and O–H groups in total. The number of hydrogen-bond acceptors (Lipinski definition) is 3. The molecule has 0 atom stereocenters. The molecule has 0 unspecified atom stereocenters. The molecule has 0 aliphatic carbocycles. The molecule has 2 heterocycles. The average Bonchev–Trinajstić information content (AvgIpc) is 2.46. The van der Waals surface area contributed by atoms with Crippen molar-refractivity contribution in [2.75, 3.05) is 13.1 Å². The lowest BCUT2D eigenvalue weighted by atomic mass is 9.87. The molecule has 1 aromatic rings. The van der Waals surface area contributed by atoms with Crippen LogP contribution in [0.5, 0.6) is 0 Å². The zero-order valence-electron chi connectivity index (χ0n) is 11.7. The van der Waals surface area contributed by atoms with Crippen molar-refractivity contribution in [3.8, 4) is 0 Å². The number of hydrogen-bond donors (Lipinski definition) is 0. The molecule has 1 fully saturated rings. The fourth-order valence-electron chi connectivity index (χ4n) is 2.47. The van der Waals surface area contributed by atoms with E-state index in [0.29, 0.717) is 12.5 Å². The number of carbonyl (C=O) groups excluding carboxylic acids is 1. The van der Waals surface area contributed by atoms with Gasteiger partial charge in [-0.3, -0.25) is 4.98 Å². The standard InChI is InChI=1S/C15H22N2O2/c1-12(2)14-5-8-17(9-6-14)15(18)19-11-13-4-3-7-16-10-13/h3-4,7,10,12,14H,5-6,8-9,11H2,1-2H3. The van der Waals surface area contributed by atoms with Crippen molar-refractivity contribution in [3.63, 3.8) is 0 Å². The summed E-state index contributed by atoms with van der Waals surface area (Å²) < 4.78 is 5.31. The van der Waals surface area contributed by atoms with Crippen LogP contribution in [0, 0.1) is 11.8 Å². The zero-order chi connectivity index (χ0) is 13.7. The van der Waals surface area contributed by atoms with Gasteiger partial charge in [0, 0.05) is 31.0 Å². The normalized spacial score (nSPS) is 16.7. The number of rotatable bonds is 3. The molecule has 4 nitrogen and oxygen atoms in total. The Hall–Kier alpha value is -1.58. The van der Waals surface area contributed by atoms with Gasteiger partial charge in [0.2, 0.25) is 0 Å². The van der Waals surface area contributed by atoms with Gasteiger partial charge in [0.1, 0.15) is 6.61 Å². The monoisotopic (exact) mass is 262 g/mol. The molecule has 1 aromatic heterocycles. The van der Waals surface area contributed by atoms with E-state index in [1.54, 1.807) is 12.4 Å². The predicted octanol–water partition coefficient (Wildman–Crippen LogP) is 3.09. The largest absolute Gasteiger partial charge is 0.444 e. The molecule has 0 bridgehead atoms. The van der Waals surface area contributed by atoms with Gasteiger partial charge in [-0.2, -0.15) is 0 Å². The van der Waals surface area contributed by atoms with E-state index in [1.165, 1.54) is 0 Å². The lowest BCUT2D eigenvalue weighted by Crippen LogP contribution is -2.39. The molecular formula is C15H22N2O2. The first-order valence-corrected chi connectivity index (χ1v) is 6.97. The molecule has 104 valence electrons. The second kappa shape index (κ2) is 6.55. The van der Waals surface area contributed by atoms with Crippen LogP contribution in [-0.2, 0) is 11.3 Å². The summed E-state index contributed by atoms with van der Waals surface area (Å²) in [4.78, 5) is 17.7. The summed E-state index contributed by atoms with van der Waals surface area (Å²) in [5, 5.41) is 0. The molecule has 0 spiro atoms. The lowest BCUT2D eigenvalue weighted by Gasteiger charge is -2.33. The average molecular weight is 262 g/mol. The van der Waals surface area contributed by atoms with Crippen LogP contribution in [-0.4, -0.2) is 29.1 Å². The van der Waals surface area contributed by atoms with E-state index in [1.807, 2.05) is 17.0 Å². The second-order valence-electron chi connectivity index (χ2n) is 5.48. The molecule has 4 heteroatoms. The van der Waals surface area contributed by atoms with Crippen LogP contribution in [0.4, 0.5) is 4.79 Å². The van der Waals surface area contributed by atoms with Crippen molar-refractivity contribution in [2.24, 2.45) is 11.8 Å². The van der Waals surface area contributed by atoms with Gasteiger partial charge in [-0.05, 0) is 30.7 Å². The summed E-state index contributed by atoms with van der Waals surface area (Å²) in [6.07, 6.45) is 5.39. The number of aromatic nitrogens is 1. The van der Waals surface area contributed by atoms with Crippen LogP contribution in [0.2, 0.25) is 0 Å². The third kappa shape index (κ3) is 3.94. The van der Waals surface area contributed by atoms with E-state index in [9.17, 15) is 4.79 Å². The number of amides is 1. The fraction of sp³-hybridized carbons (Fsp3) is 0.600. The Morgan fingerprint density at radius 1 is 1.47 bits per heavy atom. The SMILES string of the molecule is CC(C)C1CCN(C(=O)OCc2cccnc2)CC1. The van der Waals surface area contributed by atoms with E-state index < -0.39 is 0 Å². The highest BCUT2D eigenvalue weighted by atomic mass is 16.6. The lowest BCUT2D eigenvalue weighted by molar-refractivity contribution is 0.0776. The van der Waals surface area contributed by atoms with Gasteiger partial charge in [0.25, 0.3) is 0 Å². The summed E-state index contributed by atoms with van der Waals surface area (Å²) in [7, 11) is 0.